The number of carbonyl (C=O) groups excluding carboxylic acids is 1. The molecule has 0 atom stereocenters. The molecule has 2 aromatic rings. The summed E-state index contributed by atoms with van der Waals surface area (Å²) in [5.74, 6) is 2.01. The average molecular weight is 354 g/mol. The Morgan fingerprint density at radius 2 is 1.65 bits per heavy atom. The van der Waals surface area contributed by atoms with E-state index in [9.17, 15) is 4.79 Å². The number of nitrogens with zero attached hydrogens (tertiary/aromatic N) is 6. The molecule has 2 fully saturated rings. The van der Waals surface area contributed by atoms with Gasteiger partial charge in [0.05, 0.1) is 0 Å². The van der Waals surface area contributed by atoms with Crippen LogP contribution in [0.15, 0.2) is 30.6 Å². The normalized spacial score (nSPS) is 17.8. The fraction of sp³-hybridized carbons (Fsp3) is 0.526. The smallest absolute Gasteiger partial charge is 0.242 e. The van der Waals surface area contributed by atoms with Crippen molar-refractivity contribution in [3.8, 4) is 0 Å². The Kier molecular flexibility index (Phi) is 4.77. The molecular formula is C19H26N6O. The van der Waals surface area contributed by atoms with Crippen LogP contribution in [0.2, 0.25) is 0 Å². The van der Waals surface area contributed by atoms with E-state index in [2.05, 4.69) is 20.9 Å². The van der Waals surface area contributed by atoms with Crippen LogP contribution in [0.4, 0.5) is 11.8 Å². The van der Waals surface area contributed by atoms with Crippen molar-refractivity contribution < 1.29 is 4.79 Å². The van der Waals surface area contributed by atoms with E-state index < -0.39 is 0 Å². The lowest BCUT2D eigenvalue weighted by molar-refractivity contribution is -0.132. The van der Waals surface area contributed by atoms with Gasteiger partial charge in [0.25, 0.3) is 0 Å². The quantitative estimate of drug-likeness (QED) is 0.834. The minimum absolute atomic E-state index is 0.178. The second-order valence-electron chi connectivity index (χ2n) is 7.08. The van der Waals surface area contributed by atoms with Crippen molar-refractivity contribution in [1.29, 1.82) is 0 Å². The van der Waals surface area contributed by atoms with Crippen molar-refractivity contribution >= 4 is 17.7 Å². The van der Waals surface area contributed by atoms with Crippen LogP contribution in [0.25, 0.3) is 0 Å². The van der Waals surface area contributed by atoms with Crippen molar-refractivity contribution in [2.75, 3.05) is 49.1 Å². The maximum Gasteiger partial charge on any atom is 0.242 e. The SMILES string of the molecule is Cc1cc(N2CCN(C(=O)Cn3cccc3)CC2)nc(N2CCCC2)n1. The van der Waals surface area contributed by atoms with E-state index >= 15 is 0 Å². The van der Waals surface area contributed by atoms with Gasteiger partial charge in [0.2, 0.25) is 11.9 Å². The fourth-order valence-electron chi connectivity index (χ4n) is 3.67. The first kappa shape index (κ1) is 16.9. The summed E-state index contributed by atoms with van der Waals surface area (Å²) in [5, 5.41) is 0. The lowest BCUT2D eigenvalue weighted by atomic mass is 10.3. The Bertz CT molecular complexity index is 745. The second-order valence-corrected chi connectivity index (χ2v) is 7.08. The minimum atomic E-state index is 0.178. The van der Waals surface area contributed by atoms with Gasteiger partial charge in [-0.05, 0) is 31.9 Å². The van der Waals surface area contributed by atoms with Gasteiger partial charge in [-0.25, -0.2) is 4.98 Å². The van der Waals surface area contributed by atoms with Gasteiger partial charge in [0, 0.05) is 63.4 Å². The number of hydrogen-bond acceptors (Lipinski definition) is 5. The minimum Gasteiger partial charge on any atom is -0.353 e. The molecule has 0 saturated carbocycles. The summed E-state index contributed by atoms with van der Waals surface area (Å²) in [4.78, 5) is 28.4. The van der Waals surface area contributed by atoms with Gasteiger partial charge in [-0.2, -0.15) is 4.98 Å². The molecule has 0 N–H and O–H groups in total. The molecule has 26 heavy (non-hydrogen) atoms. The summed E-state index contributed by atoms with van der Waals surface area (Å²) < 4.78 is 1.92. The zero-order valence-corrected chi connectivity index (χ0v) is 15.3. The lowest BCUT2D eigenvalue weighted by Gasteiger charge is -2.35. The van der Waals surface area contributed by atoms with E-state index in [1.54, 1.807) is 0 Å². The zero-order valence-electron chi connectivity index (χ0n) is 15.3. The van der Waals surface area contributed by atoms with E-state index in [4.69, 9.17) is 4.98 Å². The van der Waals surface area contributed by atoms with Crippen LogP contribution in [-0.4, -0.2) is 64.6 Å². The average Bonchev–Trinajstić information content (AvgIpc) is 3.35. The molecule has 0 spiro atoms. The van der Waals surface area contributed by atoms with Gasteiger partial charge in [-0.3, -0.25) is 4.79 Å². The number of rotatable bonds is 4. The van der Waals surface area contributed by atoms with Crippen molar-refractivity contribution in [3.05, 3.63) is 36.3 Å². The first-order chi connectivity index (χ1) is 12.7. The van der Waals surface area contributed by atoms with Crippen LogP contribution >= 0.6 is 0 Å². The van der Waals surface area contributed by atoms with Gasteiger partial charge >= 0.3 is 0 Å². The number of aryl methyl sites for hydroxylation is 1. The predicted octanol–water partition coefficient (Wildman–Crippen LogP) is 1.54. The summed E-state index contributed by atoms with van der Waals surface area (Å²) >= 11 is 0. The van der Waals surface area contributed by atoms with E-state index in [0.29, 0.717) is 6.54 Å². The van der Waals surface area contributed by atoms with Gasteiger partial charge in [-0.1, -0.05) is 0 Å². The number of hydrogen-bond donors (Lipinski definition) is 0. The summed E-state index contributed by atoms with van der Waals surface area (Å²) in [7, 11) is 0. The number of aromatic nitrogens is 3. The summed E-state index contributed by atoms with van der Waals surface area (Å²) in [6, 6.07) is 5.94. The predicted molar refractivity (Wildman–Crippen MR) is 101 cm³/mol. The van der Waals surface area contributed by atoms with Crippen LogP contribution < -0.4 is 9.80 Å². The molecule has 4 rings (SSSR count). The third-order valence-electron chi connectivity index (χ3n) is 5.16. The summed E-state index contributed by atoms with van der Waals surface area (Å²) in [5.41, 5.74) is 1.00. The van der Waals surface area contributed by atoms with Crippen molar-refractivity contribution in [1.82, 2.24) is 19.4 Å². The van der Waals surface area contributed by atoms with E-state index in [1.807, 2.05) is 40.9 Å². The second kappa shape index (κ2) is 7.35. The highest BCUT2D eigenvalue weighted by molar-refractivity contribution is 5.76. The highest BCUT2D eigenvalue weighted by Crippen LogP contribution is 2.21. The largest absolute Gasteiger partial charge is 0.353 e. The Morgan fingerprint density at radius 1 is 0.962 bits per heavy atom. The topological polar surface area (TPSA) is 57.5 Å². The highest BCUT2D eigenvalue weighted by Gasteiger charge is 2.23. The standard InChI is InChI=1S/C19H26N6O/c1-16-14-17(21-19(20-16)25-8-4-5-9-25)23-10-12-24(13-11-23)18(26)15-22-6-2-3-7-22/h2-3,6-7,14H,4-5,8-13,15H2,1H3. The Balaban J connectivity index is 1.39. The molecule has 2 aromatic heterocycles. The van der Waals surface area contributed by atoms with Crippen LogP contribution in [0.3, 0.4) is 0 Å². The number of carbonyl (C=O) groups is 1. The molecular weight excluding hydrogens is 328 g/mol. The molecule has 2 saturated heterocycles. The maximum absolute atomic E-state index is 12.4. The summed E-state index contributed by atoms with van der Waals surface area (Å²) in [6.07, 6.45) is 6.29. The van der Waals surface area contributed by atoms with Crippen LogP contribution in [0.5, 0.6) is 0 Å². The molecule has 2 aliphatic rings. The molecule has 7 nitrogen and oxygen atoms in total. The van der Waals surface area contributed by atoms with Gasteiger partial charge in [0.1, 0.15) is 12.4 Å². The van der Waals surface area contributed by atoms with Crippen LogP contribution in [0.1, 0.15) is 18.5 Å². The first-order valence-electron chi connectivity index (χ1n) is 9.43. The summed E-state index contributed by atoms with van der Waals surface area (Å²) in [6.45, 7) is 7.64. The molecule has 1 amide bonds. The molecule has 0 aliphatic carbocycles. The Hall–Kier alpha value is -2.57. The third-order valence-corrected chi connectivity index (χ3v) is 5.16. The number of amides is 1. The van der Waals surface area contributed by atoms with E-state index in [0.717, 1.165) is 56.7 Å². The molecule has 0 bridgehead atoms. The first-order valence-corrected chi connectivity index (χ1v) is 9.43. The van der Waals surface area contributed by atoms with Crippen molar-refractivity contribution in [2.24, 2.45) is 0 Å². The van der Waals surface area contributed by atoms with E-state index in [1.165, 1.54) is 12.8 Å². The molecule has 7 heteroatoms. The molecule has 0 radical (unpaired) electrons. The van der Waals surface area contributed by atoms with Gasteiger partial charge < -0.3 is 19.3 Å². The van der Waals surface area contributed by atoms with Gasteiger partial charge in [-0.15, -0.1) is 0 Å². The molecule has 0 unspecified atom stereocenters. The zero-order chi connectivity index (χ0) is 17.9. The Morgan fingerprint density at radius 3 is 2.35 bits per heavy atom. The number of anilines is 2. The monoisotopic (exact) mass is 354 g/mol. The Labute approximate surface area is 154 Å². The van der Waals surface area contributed by atoms with Crippen LogP contribution in [-0.2, 0) is 11.3 Å². The fourth-order valence-corrected chi connectivity index (χ4v) is 3.67. The van der Waals surface area contributed by atoms with Crippen LogP contribution in [0, 0.1) is 6.92 Å². The highest BCUT2D eigenvalue weighted by atomic mass is 16.2. The van der Waals surface area contributed by atoms with Gasteiger partial charge in [0.15, 0.2) is 0 Å². The molecule has 138 valence electrons. The molecule has 0 aromatic carbocycles. The maximum atomic E-state index is 12.4. The lowest BCUT2D eigenvalue weighted by Crippen LogP contribution is -2.49. The molecule has 4 heterocycles. The van der Waals surface area contributed by atoms with Crippen molar-refractivity contribution in [3.63, 3.8) is 0 Å². The third kappa shape index (κ3) is 3.66. The number of piperazine rings is 1. The van der Waals surface area contributed by atoms with E-state index in [-0.39, 0.29) is 5.91 Å². The molecule has 2 aliphatic heterocycles. The van der Waals surface area contributed by atoms with Crippen molar-refractivity contribution in [2.45, 2.75) is 26.3 Å².